The van der Waals surface area contributed by atoms with E-state index >= 15 is 0 Å². The van der Waals surface area contributed by atoms with E-state index in [9.17, 15) is 13.2 Å². The topological polar surface area (TPSA) is 84.9 Å². The molecule has 0 radical (unpaired) electrons. The molecule has 1 amide bonds. The van der Waals surface area contributed by atoms with Crippen molar-refractivity contribution in [2.45, 2.75) is 25.3 Å². The Bertz CT molecular complexity index is 1200. The summed E-state index contributed by atoms with van der Waals surface area (Å²) in [5.74, 6) is 0.859. The number of carbonyl (C=O) groups excluding carboxylic acids is 1. The molecule has 0 atom stereocenters. The number of benzene rings is 3. The van der Waals surface area contributed by atoms with Crippen LogP contribution in [-0.4, -0.2) is 34.1 Å². The lowest BCUT2D eigenvalue weighted by Gasteiger charge is -2.24. The highest BCUT2D eigenvalue weighted by Crippen LogP contribution is 2.26. The number of halogens is 1. The second kappa shape index (κ2) is 11.8. The molecule has 0 aliphatic heterocycles. The van der Waals surface area contributed by atoms with Gasteiger partial charge in [-0.25, -0.2) is 8.42 Å². The number of nitrogens with zero attached hydrogens (tertiary/aromatic N) is 1. The smallest absolute Gasteiger partial charge is 0.264 e. The summed E-state index contributed by atoms with van der Waals surface area (Å²) in [6, 6.07) is 19.7. The summed E-state index contributed by atoms with van der Waals surface area (Å²) in [6.45, 7) is 4.61. The third kappa shape index (κ3) is 6.65. The number of sulfonamides is 1. The number of nitrogens with one attached hydrogen (secondary N) is 1. The number of rotatable bonds is 11. The molecule has 3 rings (SSSR count). The van der Waals surface area contributed by atoms with Crippen LogP contribution in [0.3, 0.4) is 0 Å². The van der Waals surface area contributed by atoms with E-state index in [1.807, 2.05) is 38.1 Å². The summed E-state index contributed by atoms with van der Waals surface area (Å²) in [5, 5.41) is 3.20. The van der Waals surface area contributed by atoms with Crippen LogP contribution in [0.4, 0.5) is 5.69 Å². The van der Waals surface area contributed by atoms with E-state index in [-0.39, 0.29) is 11.4 Å². The van der Waals surface area contributed by atoms with Crippen molar-refractivity contribution in [2.24, 2.45) is 0 Å². The van der Waals surface area contributed by atoms with Gasteiger partial charge < -0.3 is 14.8 Å². The van der Waals surface area contributed by atoms with Gasteiger partial charge in [-0.05, 0) is 80.1 Å². The summed E-state index contributed by atoms with van der Waals surface area (Å²) in [6.07, 6.45) is 0. The van der Waals surface area contributed by atoms with Gasteiger partial charge >= 0.3 is 0 Å². The Morgan fingerprint density at radius 2 is 1.56 bits per heavy atom. The molecule has 1 N–H and O–H groups in total. The molecule has 0 aromatic heterocycles. The average molecular weight is 503 g/mol. The van der Waals surface area contributed by atoms with Crippen molar-refractivity contribution in [3.05, 3.63) is 83.4 Å². The van der Waals surface area contributed by atoms with Gasteiger partial charge in [-0.1, -0.05) is 23.7 Å². The standard InChI is InChI=1S/C25H27ClN2O5S/c1-3-32-22-12-10-21(11-13-22)28(34(30,31)24-14-8-20(26)9-15-24)18-25(29)27-17-19-6-5-7-23(16-19)33-4-2/h5-16H,3-4,17-18H2,1-2H3,(H,27,29). The van der Waals surface area contributed by atoms with E-state index in [0.29, 0.717) is 35.4 Å². The Hall–Kier alpha value is -3.23. The zero-order chi connectivity index (χ0) is 24.6. The molecule has 180 valence electrons. The quantitative estimate of drug-likeness (QED) is 0.412. The minimum Gasteiger partial charge on any atom is -0.494 e. The number of hydrogen-bond acceptors (Lipinski definition) is 5. The highest BCUT2D eigenvalue weighted by atomic mass is 35.5. The van der Waals surface area contributed by atoms with Crippen molar-refractivity contribution < 1.29 is 22.7 Å². The van der Waals surface area contributed by atoms with Crippen molar-refractivity contribution >= 4 is 33.2 Å². The van der Waals surface area contributed by atoms with E-state index in [0.717, 1.165) is 9.87 Å². The molecule has 3 aromatic carbocycles. The predicted molar refractivity (Wildman–Crippen MR) is 133 cm³/mol. The monoisotopic (exact) mass is 502 g/mol. The van der Waals surface area contributed by atoms with E-state index in [4.69, 9.17) is 21.1 Å². The van der Waals surface area contributed by atoms with E-state index in [1.165, 1.54) is 24.3 Å². The number of anilines is 1. The van der Waals surface area contributed by atoms with Crippen LogP contribution in [0.5, 0.6) is 11.5 Å². The summed E-state index contributed by atoms with van der Waals surface area (Å²) in [5.41, 5.74) is 1.18. The fraction of sp³-hybridized carbons (Fsp3) is 0.240. The lowest BCUT2D eigenvalue weighted by molar-refractivity contribution is -0.119. The van der Waals surface area contributed by atoms with Crippen LogP contribution in [0.1, 0.15) is 19.4 Å². The SMILES string of the molecule is CCOc1ccc(N(CC(=O)NCc2cccc(OCC)c2)S(=O)(=O)c2ccc(Cl)cc2)cc1. The van der Waals surface area contributed by atoms with Gasteiger partial charge in [0, 0.05) is 11.6 Å². The van der Waals surface area contributed by atoms with Crippen molar-refractivity contribution in [3.63, 3.8) is 0 Å². The second-order valence-electron chi connectivity index (χ2n) is 7.25. The van der Waals surface area contributed by atoms with Crippen LogP contribution in [0.2, 0.25) is 5.02 Å². The summed E-state index contributed by atoms with van der Waals surface area (Å²) < 4.78 is 38.9. The zero-order valence-electron chi connectivity index (χ0n) is 19.0. The van der Waals surface area contributed by atoms with Crippen LogP contribution >= 0.6 is 11.6 Å². The molecule has 0 aliphatic carbocycles. The molecule has 0 saturated carbocycles. The van der Waals surface area contributed by atoms with Crippen LogP contribution in [0, 0.1) is 0 Å². The van der Waals surface area contributed by atoms with Crippen molar-refractivity contribution in [1.29, 1.82) is 0 Å². The van der Waals surface area contributed by atoms with E-state index in [1.54, 1.807) is 24.3 Å². The number of amides is 1. The first-order chi connectivity index (χ1) is 16.3. The van der Waals surface area contributed by atoms with Crippen LogP contribution in [0.15, 0.2) is 77.7 Å². The van der Waals surface area contributed by atoms with Crippen LogP contribution in [-0.2, 0) is 21.4 Å². The van der Waals surface area contributed by atoms with Crippen molar-refractivity contribution in [1.82, 2.24) is 5.32 Å². The van der Waals surface area contributed by atoms with Crippen molar-refractivity contribution in [3.8, 4) is 11.5 Å². The highest BCUT2D eigenvalue weighted by molar-refractivity contribution is 7.92. The average Bonchev–Trinajstić information content (AvgIpc) is 2.83. The molecule has 0 aliphatic rings. The van der Waals surface area contributed by atoms with Crippen LogP contribution < -0.4 is 19.1 Å². The number of hydrogen-bond donors (Lipinski definition) is 1. The molecule has 0 unspecified atom stereocenters. The molecule has 0 spiro atoms. The largest absolute Gasteiger partial charge is 0.494 e. The molecule has 34 heavy (non-hydrogen) atoms. The summed E-state index contributed by atoms with van der Waals surface area (Å²) in [4.78, 5) is 12.8. The van der Waals surface area contributed by atoms with Gasteiger partial charge in [0.05, 0.1) is 23.8 Å². The lowest BCUT2D eigenvalue weighted by Crippen LogP contribution is -2.40. The molecule has 3 aromatic rings. The first-order valence-corrected chi connectivity index (χ1v) is 12.6. The van der Waals surface area contributed by atoms with Crippen LogP contribution in [0.25, 0.3) is 0 Å². The third-order valence-electron chi connectivity index (χ3n) is 4.82. The van der Waals surface area contributed by atoms with Gasteiger partial charge in [0.1, 0.15) is 18.0 Å². The van der Waals surface area contributed by atoms with Gasteiger partial charge in [0.2, 0.25) is 5.91 Å². The van der Waals surface area contributed by atoms with Gasteiger partial charge in [0.25, 0.3) is 10.0 Å². The predicted octanol–water partition coefficient (Wildman–Crippen LogP) is 4.65. The Morgan fingerprint density at radius 3 is 2.21 bits per heavy atom. The van der Waals surface area contributed by atoms with Gasteiger partial charge in [0.15, 0.2) is 0 Å². The summed E-state index contributed by atoms with van der Waals surface area (Å²) >= 11 is 5.92. The normalized spacial score (nSPS) is 11.0. The molecule has 7 nitrogen and oxygen atoms in total. The lowest BCUT2D eigenvalue weighted by atomic mass is 10.2. The zero-order valence-corrected chi connectivity index (χ0v) is 20.6. The molecular formula is C25H27ClN2O5S. The first kappa shape index (κ1) is 25.4. The second-order valence-corrected chi connectivity index (χ2v) is 9.55. The molecule has 0 heterocycles. The minimum absolute atomic E-state index is 0.0306. The number of ether oxygens (including phenoxy) is 2. The fourth-order valence-electron chi connectivity index (χ4n) is 3.22. The molecule has 9 heteroatoms. The fourth-order valence-corrected chi connectivity index (χ4v) is 4.77. The first-order valence-electron chi connectivity index (χ1n) is 10.8. The van der Waals surface area contributed by atoms with Gasteiger partial charge in [-0.15, -0.1) is 0 Å². The molecule has 0 bridgehead atoms. The Morgan fingerprint density at radius 1 is 0.912 bits per heavy atom. The van der Waals surface area contributed by atoms with Gasteiger partial charge in [-0.3, -0.25) is 9.10 Å². The maximum Gasteiger partial charge on any atom is 0.264 e. The Kier molecular flexibility index (Phi) is 8.79. The molecular weight excluding hydrogens is 476 g/mol. The molecule has 0 fully saturated rings. The van der Waals surface area contributed by atoms with Crippen molar-refractivity contribution in [2.75, 3.05) is 24.1 Å². The third-order valence-corrected chi connectivity index (χ3v) is 6.86. The minimum atomic E-state index is -4.04. The number of carbonyl (C=O) groups is 1. The van der Waals surface area contributed by atoms with Gasteiger partial charge in [-0.2, -0.15) is 0 Å². The maximum atomic E-state index is 13.4. The molecule has 0 saturated heterocycles. The highest BCUT2D eigenvalue weighted by Gasteiger charge is 2.27. The maximum absolute atomic E-state index is 13.4. The van der Waals surface area contributed by atoms with E-state index < -0.39 is 22.5 Å². The summed E-state index contributed by atoms with van der Waals surface area (Å²) in [7, 11) is -4.04. The Balaban J connectivity index is 1.82. The van der Waals surface area contributed by atoms with E-state index in [2.05, 4.69) is 5.32 Å². The Labute approximate surface area is 205 Å².